The van der Waals surface area contributed by atoms with E-state index < -0.39 is 0 Å². The number of nitrogens with one attached hydrogen (secondary N) is 1. The van der Waals surface area contributed by atoms with Crippen molar-refractivity contribution in [2.75, 3.05) is 17.7 Å². The quantitative estimate of drug-likeness (QED) is 0.818. The van der Waals surface area contributed by atoms with E-state index in [0.29, 0.717) is 17.7 Å². The van der Waals surface area contributed by atoms with Crippen LogP contribution in [0, 0.1) is 6.92 Å². The van der Waals surface area contributed by atoms with Crippen LogP contribution in [0.4, 0.5) is 11.6 Å². The number of rotatable bonds is 2. The molecule has 17 heavy (non-hydrogen) atoms. The highest BCUT2D eigenvalue weighted by Crippen LogP contribution is 2.26. The molecule has 0 aliphatic carbocycles. The summed E-state index contributed by atoms with van der Waals surface area (Å²) < 4.78 is 5.68. The van der Waals surface area contributed by atoms with Gasteiger partial charge in [-0.2, -0.15) is 0 Å². The van der Waals surface area contributed by atoms with Gasteiger partial charge in [0, 0.05) is 18.7 Å². The zero-order valence-electron chi connectivity index (χ0n) is 10.7. The minimum atomic E-state index is -0.0659. The molecule has 1 aromatic heterocycles. The van der Waals surface area contributed by atoms with Gasteiger partial charge in [0.1, 0.15) is 17.5 Å². The lowest BCUT2D eigenvalue weighted by atomic mass is 9.94. The number of hydrogen-bond donors (Lipinski definition) is 2. The molecule has 2 rings (SSSR count). The number of ether oxygens (including phenoxy) is 1. The Bertz CT molecular complexity index is 385. The van der Waals surface area contributed by atoms with Crippen molar-refractivity contribution in [3.8, 4) is 0 Å². The number of nitrogens with two attached hydrogens (primary N) is 1. The van der Waals surface area contributed by atoms with Crippen LogP contribution < -0.4 is 11.1 Å². The predicted molar refractivity (Wildman–Crippen MR) is 67.9 cm³/mol. The van der Waals surface area contributed by atoms with E-state index in [0.717, 1.165) is 25.3 Å². The summed E-state index contributed by atoms with van der Waals surface area (Å²) in [5.74, 6) is 2.00. The van der Waals surface area contributed by atoms with Crippen LogP contribution in [-0.4, -0.2) is 28.2 Å². The Kier molecular flexibility index (Phi) is 3.19. The topological polar surface area (TPSA) is 73.1 Å². The van der Waals surface area contributed by atoms with Gasteiger partial charge in [0.2, 0.25) is 0 Å². The fourth-order valence-electron chi connectivity index (χ4n) is 2.23. The van der Waals surface area contributed by atoms with Crippen LogP contribution in [0.3, 0.4) is 0 Å². The third-order valence-electron chi connectivity index (χ3n) is 2.91. The Morgan fingerprint density at radius 3 is 2.88 bits per heavy atom. The van der Waals surface area contributed by atoms with Crippen LogP contribution in [0.2, 0.25) is 0 Å². The van der Waals surface area contributed by atoms with Crippen molar-refractivity contribution in [2.45, 2.75) is 45.3 Å². The molecule has 0 spiro atoms. The molecular formula is C12H20N4O. The molecule has 1 aliphatic heterocycles. The fraction of sp³-hybridized carbons (Fsp3) is 0.667. The first-order valence-electron chi connectivity index (χ1n) is 5.96. The maximum atomic E-state index is 5.70. The summed E-state index contributed by atoms with van der Waals surface area (Å²) in [6.07, 6.45) is 1.96. The number of nitrogen functional groups attached to an aromatic ring is 1. The number of hydrogen-bond acceptors (Lipinski definition) is 5. The molecule has 0 radical (unpaired) electrons. The highest BCUT2D eigenvalue weighted by atomic mass is 16.5. The average Bonchev–Trinajstić information content (AvgIpc) is 2.13. The normalized spacial score (nSPS) is 23.4. The first kappa shape index (κ1) is 12.1. The van der Waals surface area contributed by atoms with Crippen LogP contribution in [0.1, 0.15) is 32.5 Å². The molecule has 0 saturated carbocycles. The Balaban J connectivity index is 2.05. The summed E-state index contributed by atoms with van der Waals surface area (Å²) in [6, 6.07) is 2.16. The summed E-state index contributed by atoms with van der Waals surface area (Å²) in [7, 11) is 0. The molecule has 0 bridgehead atoms. The van der Waals surface area contributed by atoms with E-state index in [-0.39, 0.29) is 5.60 Å². The fourth-order valence-corrected chi connectivity index (χ4v) is 2.23. The van der Waals surface area contributed by atoms with E-state index in [4.69, 9.17) is 10.5 Å². The zero-order valence-corrected chi connectivity index (χ0v) is 10.7. The van der Waals surface area contributed by atoms with Gasteiger partial charge in [0.25, 0.3) is 0 Å². The van der Waals surface area contributed by atoms with Crippen LogP contribution in [0.15, 0.2) is 6.07 Å². The molecule has 1 aliphatic rings. The molecular weight excluding hydrogens is 216 g/mol. The molecule has 1 atom stereocenters. The van der Waals surface area contributed by atoms with Crippen molar-refractivity contribution in [3.05, 3.63) is 11.9 Å². The van der Waals surface area contributed by atoms with Crippen molar-refractivity contribution >= 4 is 11.6 Å². The van der Waals surface area contributed by atoms with E-state index >= 15 is 0 Å². The summed E-state index contributed by atoms with van der Waals surface area (Å²) in [5, 5.41) is 3.41. The van der Waals surface area contributed by atoms with Crippen molar-refractivity contribution < 1.29 is 4.74 Å². The van der Waals surface area contributed by atoms with Gasteiger partial charge in [-0.05, 0) is 33.6 Å². The molecule has 1 fully saturated rings. The van der Waals surface area contributed by atoms with E-state index in [1.165, 1.54) is 0 Å². The molecule has 0 amide bonds. The van der Waals surface area contributed by atoms with E-state index in [1.54, 1.807) is 6.07 Å². The SMILES string of the molecule is Cc1nc(N)cc(NC2CCOC(C)(C)C2)n1. The number of anilines is 2. The van der Waals surface area contributed by atoms with Gasteiger partial charge in [-0.3, -0.25) is 0 Å². The van der Waals surface area contributed by atoms with Gasteiger partial charge in [-0.25, -0.2) is 9.97 Å². The largest absolute Gasteiger partial charge is 0.384 e. The second-order valence-electron chi connectivity index (χ2n) is 5.17. The Hall–Kier alpha value is -1.36. The predicted octanol–water partition coefficient (Wildman–Crippen LogP) is 1.74. The minimum absolute atomic E-state index is 0.0659. The first-order chi connectivity index (χ1) is 7.94. The Morgan fingerprint density at radius 1 is 1.47 bits per heavy atom. The van der Waals surface area contributed by atoms with E-state index in [2.05, 4.69) is 29.1 Å². The number of aromatic nitrogens is 2. The third-order valence-corrected chi connectivity index (χ3v) is 2.91. The smallest absolute Gasteiger partial charge is 0.132 e. The summed E-state index contributed by atoms with van der Waals surface area (Å²) >= 11 is 0. The molecule has 5 nitrogen and oxygen atoms in total. The maximum absolute atomic E-state index is 5.70. The van der Waals surface area contributed by atoms with Crippen molar-refractivity contribution in [2.24, 2.45) is 0 Å². The van der Waals surface area contributed by atoms with Gasteiger partial charge in [0.05, 0.1) is 5.60 Å². The van der Waals surface area contributed by atoms with Crippen molar-refractivity contribution in [3.63, 3.8) is 0 Å². The van der Waals surface area contributed by atoms with Gasteiger partial charge in [-0.15, -0.1) is 0 Å². The molecule has 1 saturated heterocycles. The van der Waals surface area contributed by atoms with Gasteiger partial charge >= 0.3 is 0 Å². The third kappa shape index (κ3) is 3.30. The van der Waals surface area contributed by atoms with Crippen LogP contribution in [0.25, 0.3) is 0 Å². The maximum Gasteiger partial charge on any atom is 0.132 e. The number of nitrogens with zero attached hydrogens (tertiary/aromatic N) is 2. The molecule has 3 N–H and O–H groups in total. The number of aryl methyl sites for hydroxylation is 1. The molecule has 1 aromatic rings. The lowest BCUT2D eigenvalue weighted by Gasteiger charge is -2.36. The Labute approximate surface area is 102 Å². The monoisotopic (exact) mass is 236 g/mol. The van der Waals surface area contributed by atoms with Crippen LogP contribution >= 0.6 is 0 Å². The highest BCUT2D eigenvalue weighted by molar-refractivity contribution is 5.45. The van der Waals surface area contributed by atoms with Gasteiger partial charge in [0.15, 0.2) is 0 Å². The zero-order chi connectivity index (χ0) is 12.5. The van der Waals surface area contributed by atoms with Gasteiger partial charge in [-0.1, -0.05) is 0 Å². The lowest BCUT2D eigenvalue weighted by Crippen LogP contribution is -2.40. The molecule has 94 valence electrons. The standard InChI is InChI=1S/C12H20N4O/c1-8-14-10(13)6-11(15-8)16-9-4-5-17-12(2,3)7-9/h6,9H,4-5,7H2,1-3H3,(H3,13,14,15,16). The molecule has 0 aromatic carbocycles. The summed E-state index contributed by atoms with van der Waals surface area (Å²) in [5.41, 5.74) is 5.64. The molecule has 2 heterocycles. The van der Waals surface area contributed by atoms with Crippen molar-refractivity contribution in [1.82, 2.24) is 9.97 Å². The minimum Gasteiger partial charge on any atom is -0.384 e. The van der Waals surface area contributed by atoms with E-state index in [9.17, 15) is 0 Å². The van der Waals surface area contributed by atoms with Crippen LogP contribution in [0.5, 0.6) is 0 Å². The summed E-state index contributed by atoms with van der Waals surface area (Å²) in [4.78, 5) is 8.39. The van der Waals surface area contributed by atoms with Crippen molar-refractivity contribution in [1.29, 1.82) is 0 Å². The Morgan fingerprint density at radius 2 is 2.24 bits per heavy atom. The first-order valence-corrected chi connectivity index (χ1v) is 5.96. The lowest BCUT2D eigenvalue weighted by molar-refractivity contribution is -0.0553. The van der Waals surface area contributed by atoms with E-state index in [1.807, 2.05) is 6.92 Å². The second-order valence-corrected chi connectivity index (χ2v) is 5.17. The average molecular weight is 236 g/mol. The molecule has 5 heteroatoms. The second kappa shape index (κ2) is 4.49. The summed E-state index contributed by atoms with van der Waals surface area (Å²) in [6.45, 7) is 6.85. The van der Waals surface area contributed by atoms with Gasteiger partial charge < -0.3 is 15.8 Å². The highest BCUT2D eigenvalue weighted by Gasteiger charge is 2.28. The van der Waals surface area contributed by atoms with Crippen LogP contribution in [-0.2, 0) is 4.74 Å². The molecule has 1 unspecified atom stereocenters.